The molecule has 0 aromatic carbocycles. The van der Waals surface area contributed by atoms with E-state index in [9.17, 15) is 33.9 Å². The lowest BCUT2D eigenvalue weighted by molar-refractivity contribution is -0.184. The fourth-order valence-electron chi connectivity index (χ4n) is 12.5. The highest BCUT2D eigenvalue weighted by Gasteiger charge is 2.38. The van der Waals surface area contributed by atoms with E-state index in [1.165, 1.54) is 167 Å². The molecule has 0 saturated carbocycles. The summed E-state index contributed by atoms with van der Waals surface area (Å²) in [4.78, 5) is 83.7. The van der Waals surface area contributed by atoms with Crippen LogP contribution in [0.1, 0.15) is 427 Å². The summed E-state index contributed by atoms with van der Waals surface area (Å²) in [6.07, 6.45) is 53.2. The molecule has 0 aliphatic rings. The van der Waals surface area contributed by atoms with Gasteiger partial charge >= 0.3 is 23.9 Å². The van der Waals surface area contributed by atoms with Gasteiger partial charge in [0.25, 0.3) is 0 Å². The molecule has 0 radical (unpaired) electrons. The normalized spacial score (nSPS) is 13.1. The molecule has 554 valence electrons. The molecule has 0 heterocycles. The number of ether oxygens (including phenoxy) is 6. The van der Waals surface area contributed by atoms with Crippen molar-refractivity contribution < 1.29 is 62.3 Å². The van der Waals surface area contributed by atoms with Crippen LogP contribution in [0.3, 0.4) is 0 Å². The molecule has 0 aromatic rings. The van der Waals surface area contributed by atoms with Gasteiger partial charge in [0.15, 0.2) is 42.1 Å². The van der Waals surface area contributed by atoms with E-state index in [0.29, 0.717) is 38.5 Å². The molecule has 13 nitrogen and oxygen atoms in total. The van der Waals surface area contributed by atoms with Crippen LogP contribution in [0.5, 0.6) is 0 Å². The van der Waals surface area contributed by atoms with Crippen LogP contribution in [0.2, 0.25) is 0 Å². The third-order valence-electron chi connectivity index (χ3n) is 18.7. The Balaban J connectivity index is 6.74. The topological polar surface area (TPSA) is 178 Å². The lowest BCUT2D eigenvalue weighted by Gasteiger charge is -2.31. The fraction of sp³-hybridized carbons (Fsp3) is 0.926. The third kappa shape index (κ3) is 59.2. The maximum absolute atomic E-state index is 14.8. The van der Waals surface area contributed by atoms with Gasteiger partial charge in [0, 0.05) is 38.5 Å². The van der Waals surface area contributed by atoms with E-state index >= 15 is 0 Å². The molecule has 0 fully saturated rings. The number of Topliss-reactive ketones (excluding diaryl/α,β-unsaturated/α-hetero) is 2. The zero-order chi connectivity index (χ0) is 68.8. The van der Waals surface area contributed by atoms with E-state index in [1.807, 2.05) is 0 Å². The van der Waals surface area contributed by atoms with Gasteiger partial charge in [-0.15, -0.1) is 0 Å². The Bertz CT molecular complexity index is 1700. The van der Waals surface area contributed by atoms with Crippen LogP contribution in [0.15, 0.2) is 0 Å². The minimum atomic E-state index is -1.42. The summed E-state index contributed by atoms with van der Waals surface area (Å²) in [6, 6.07) is 0. The molecule has 0 saturated heterocycles. The van der Waals surface area contributed by atoms with Gasteiger partial charge in [-0.05, 0) is 38.5 Å². The number of ketones is 2. The molecule has 5 atom stereocenters. The van der Waals surface area contributed by atoms with E-state index < -0.39 is 67.6 Å². The molecule has 0 spiro atoms. The van der Waals surface area contributed by atoms with Crippen molar-refractivity contribution in [1.29, 1.82) is 0 Å². The predicted octanol–water partition coefficient (Wildman–Crippen LogP) is 22.7. The van der Waals surface area contributed by atoms with Crippen LogP contribution < -0.4 is 0 Å². The molecule has 0 rings (SSSR count). The Morgan fingerprint density at radius 3 is 0.755 bits per heavy atom. The maximum Gasteiger partial charge on any atom is 0.306 e. The van der Waals surface area contributed by atoms with E-state index in [1.54, 1.807) is 0 Å². The van der Waals surface area contributed by atoms with Crippen LogP contribution in [0, 0.1) is 0 Å². The van der Waals surface area contributed by atoms with Crippen LogP contribution in [0.4, 0.5) is 0 Å². The Morgan fingerprint density at radius 1 is 0.245 bits per heavy atom. The first-order valence-corrected chi connectivity index (χ1v) is 40.6. The average Bonchev–Trinajstić information content (AvgIpc) is 0.950. The minimum absolute atomic E-state index is 0.0934. The predicted molar refractivity (Wildman–Crippen MR) is 388 cm³/mol. The Hall–Kier alpha value is -2.90. The number of aliphatic hydroxyl groups is 1. The largest absolute Gasteiger partial charge is 0.462 e. The lowest BCUT2D eigenvalue weighted by Crippen LogP contribution is -2.48. The number of esters is 4. The van der Waals surface area contributed by atoms with Crippen molar-refractivity contribution in [2.75, 3.05) is 26.4 Å². The molecular formula is C81H152O13. The maximum atomic E-state index is 14.8. The van der Waals surface area contributed by atoms with E-state index in [2.05, 4.69) is 41.5 Å². The number of unbranched alkanes of at least 4 members (excludes halogenated alkanes) is 48. The fourth-order valence-corrected chi connectivity index (χ4v) is 12.5. The van der Waals surface area contributed by atoms with E-state index in [-0.39, 0.29) is 63.3 Å². The van der Waals surface area contributed by atoms with Gasteiger partial charge in [-0.25, -0.2) is 0 Å². The van der Waals surface area contributed by atoms with Gasteiger partial charge in [-0.1, -0.05) is 350 Å². The SMILES string of the molecule is CCCCCCCCCCCCCCCCCC(=O)OC(CO)C(OCC(OC(=O)CCCCCCCCCCCCCCC)C(OCC(COC(=O)CCCCCCC)OC(=O)CCCCCCCCCCCCC)C(=O)CCCCCCC)C(=O)CCCCCCC. The van der Waals surface area contributed by atoms with Gasteiger partial charge in [-0.3, -0.25) is 28.8 Å². The zero-order valence-corrected chi connectivity index (χ0v) is 62.5. The van der Waals surface area contributed by atoms with Gasteiger partial charge in [0.05, 0.1) is 19.8 Å². The molecule has 5 unspecified atom stereocenters. The molecular weight excluding hydrogens is 1180 g/mol. The molecule has 1 N–H and O–H groups in total. The summed E-state index contributed by atoms with van der Waals surface area (Å²) < 4.78 is 37.1. The van der Waals surface area contributed by atoms with Crippen LogP contribution in [-0.4, -0.2) is 97.5 Å². The summed E-state index contributed by atoms with van der Waals surface area (Å²) in [5.74, 6) is -2.64. The Kier molecular flexibility index (Phi) is 69.2. The van der Waals surface area contributed by atoms with Crippen molar-refractivity contribution in [2.45, 2.75) is 457 Å². The first-order chi connectivity index (χ1) is 46.0. The van der Waals surface area contributed by atoms with Gasteiger partial charge < -0.3 is 33.5 Å². The summed E-state index contributed by atoms with van der Waals surface area (Å²) in [6.45, 7) is 11.4. The van der Waals surface area contributed by atoms with Crippen LogP contribution in [0.25, 0.3) is 0 Å². The average molecular weight is 1330 g/mol. The minimum Gasteiger partial charge on any atom is -0.462 e. The monoisotopic (exact) mass is 1330 g/mol. The standard InChI is InChI=1S/C81H152O13/c1-7-13-19-25-28-31-34-36-37-39-42-44-47-53-59-65-78(87)93-74(67-82)80(72(83)61-55-49-22-16-10-4)91-70-75(94-79(88)66-60-54-48-45-41-38-35-32-29-26-20-14-8-2)81(73(84)62-56-50-23-17-11-5)90-69-71(68-89-76(85)63-57-51-24-18-12-6)92-77(86)64-58-52-46-43-40-33-30-27-21-15-9-3/h71,74-75,80-82H,7-70H2,1-6H3. The second-order valence-corrected chi connectivity index (χ2v) is 27.9. The molecule has 0 aliphatic carbocycles. The second kappa shape index (κ2) is 71.4. The summed E-state index contributed by atoms with van der Waals surface area (Å²) >= 11 is 0. The second-order valence-electron chi connectivity index (χ2n) is 27.9. The van der Waals surface area contributed by atoms with Gasteiger partial charge in [0.2, 0.25) is 0 Å². The molecule has 0 aliphatic heterocycles. The molecule has 13 heteroatoms. The summed E-state index contributed by atoms with van der Waals surface area (Å²) in [5, 5.41) is 10.9. The van der Waals surface area contributed by atoms with Crippen LogP contribution in [-0.2, 0) is 57.2 Å². The number of carbonyl (C=O) groups excluding carboxylic acids is 6. The van der Waals surface area contributed by atoms with E-state index in [0.717, 1.165) is 141 Å². The van der Waals surface area contributed by atoms with Crippen molar-refractivity contribution >= 4 is 35.4 Å². The number of hydrogen-bond donors (Lipinski definition) is 1. The van der Waals surface area contributed by atoms with Crippen molar-refractivity contribution in [3.63, 3.8) is 0 Å². The Labute approximate surface area is 578 Å². The van der Waals surface area contributed by atoms with Gasteiger partial charge in [-0.2, -0.15) is 0 Å². The summed E-state index contributed by atoms with van der Waals surface area (Å²) in [5.41, 5.74) is 0. The lowest BCUT2D eigenvalue weighted by atomic mass is 10.0. The van der Waals surface area contributed by atoms with Crippen molar-refractivity contribution in [3.05, 3.63) is 0 Å². The van der Waals surface area contributed by atoms with E-state index in [4.69, 9.17) is 28.4 Å². The van der Waals surface area contributed by atoms with Gasteiger partial charge in [0.1, 0.15) is 6.61 Å². The van der Waals surface area contributed by atoms with Crippen LogP contribution >= 0.6 is 0 Å². The highest BCUT2D eigenvalue weighted by Crippen LogP contribution is 2.23. The van der Waals surface area contributed by atoms with Crippen molar-refractivity contribution in [2.24, 2.45) is 0 Å². The Morgan fingerprint density at radius 2 is 0.468 bits per heavy atom. The third-order valence-corrected chi connectivity index (χ3v) is 18.7. The molecule has 94 heavy (non-hydrogen) atoms. The van der Waals surface area contributed by atoms with Crippen molar-refractivity contribution in [3.8, 4) is 0 Å². The molecule has 0 aromatic heterocycles. The quantitative estimate of drug-likeness (QED) is 0.0346. The summed E-state index contributed by atoms with van der Waals surface area (Å²) in [7, 11) is 0. The zero-order valence-electron chi connectivity index (χ0n) is 62.5. The number of hydrogen-bond acceptors (Lipinski definition) is 13. The number of aliphatic hydroxyl groups excluding tert-OH is 1. The first-order valence-electron chi connectivity index (χ1n) is 40.6. The number of rotatable bonds is 76. The molecule has 0 amide bonds. The first kappa shape index (κ1) is 91.1. The number of carbonyl (C=O) groups is 6. The van der Waals surface area contributed by atoms with Crippen molar-refractivity contribution in [1.82, 2.24) is 0 Å². The highest BCUT2D eigenvalue weighted by atomic mass is 16.6. The smallest absolute Gasteiger partial charge is 0.306 e. The highest BCUT2D eigenvalue weighted by molar-refractivity contribution is 5.85. The molecule has 0 bridgehead atoms.